The molecule has 0 aliphatic carbocycles. The molecule has 0 radical (unpaired) electrons. The molecule has 0 bridgehead atoms. The largest absolute Gasteiger partial charge is 0.332 e. The lowest BCUT2D eigenvalue weighted by Gasteiger charge is -2.15. The van der Waals surface area contributed by atoms with E-state index < -0.39 is 45.9 Å². The molecule has 2 heterocycles. The molecule has 0 atom stereocenters. The number of Topliss-reactive ketones (excluding diaryl/α,β-unsaturated/α-hetero) is 1. The van der Waals surface area contributed by atoms with E-state index in [1.54, 1.807) is 4.72 Å². The number of fused-ring (bicyclic) bond motifs is 1. The van der Waals surface area contributed by atoms with E-state index in [9.17, 15) is 31.6 Å². The van der Waals surface area contributed by atoms with Crippen LogP contribution in [-0.4, -0.2) is 30.6 Å². The number of nitrogens with zero attached hydrogens (tertiary/aromatic N) is 1. The fraction of sp³-hybridized carbons (Fsp3) is 0.0952. The minimum Gasteiger partial charge on any atom is -0.332 e. The summed E-state index contributed by atoms with van der Waals surface area (Å²) in [5.41, 5.74) is -0.225. The Hall–Kier alpha value is -3.61. The van der Waals surface area contributed by atoms with E-state index >= 15 is 0 Å². The summed E-state index contributed by atoms with van der Waals surface area (Å²) in [6.07, 6.45) is 0.586. The lowest BCUT2D eigenvalue weighted by Crippen LogP contribution is -2.38. The first kappa shape index (κ1) is 23.5. The summed E-state index contributed by atoms with van der Waals surface area (Å²) in [6.45, 7) is -0.342. The van der Waals surface area contributed by atoms with E-state index in [1.807, 2.05) is 0 Å². The van der Waals surface area contributed by atoms with Gasteiger partial charge in [0.2, 0.25) is 5.91 Å². The van der Waals surface area contributed by atoms with E-state index in [2.05, 4.69) is 5.32 Å². The minimum absolute atomic E-state index is 0.0262. The van der Waals surface area contributed by atoms with E-state index in [-0.39, 0.29) is 44.9 Å². The maximum Gasteiger partial charge on any atom is 0.299 e. The number of ketones is 1. The summed E-state index contributed by atoms with van der Waals surface area (Å²) in [6, 6.07) is 7.25. The molecule has 4 N–H and O–H groups in total. The van der Waals surface area contributed by atoms with Crippen LogP contribution in [0.2, 0.25) is 5.02 Å². The van der Waals surface area contributed by atoms with Crippen LogP contribution in [0.25, 0.3) is 16.5 Å². The standard InChI is InChI=1S/C21H15ClF2N4O5S/c22-11-2-4-16-13(5-11)19(14-8-26-18(30)7-17(14)29)20(21(31)27-34(25,32)33)28(16)9-10-1-3-12(23)6-15(10)24/h1-6,8H,7,9H2,(H,26,30)(H,27,31)(H2,25,32,33). The number of hydrogen-bond donors (Lipinski definition) is 3. The van der Waals surface area contributed by atoms with Crippen molar-refractivity contribution < 1.29 is 31.6 Å². The Bertz CT molecular complexity index is 1530. The topological polar surface area (TPSA) is 140 Å². The fourth-order valence-electron chi connectivity index (χ4n) is 3.73. The average Bonchev–Trinajstić information content (AvgIpc) is 3.02. The zero-order valence-corrected chi connectivity index (χ0v) is 18.6. The van der Waals surface area contributed by atoms with Gasteiger partial charge in [-0.1, -0.05) is 17.7 Å². The van der Waals surface area contributed by atoms with Crippen molar-refractivity contribution in [2.24, 2.45) is 5.14 Å². The summed E-state index contributed by atoms with van der Waals surface area (Å²) in [4.78, 5) is 37.4. The van der Waals surface area contributed by atoms with Crippen LogP contribution in [0.1, 0.15) is 28.0 Å². The number of halogens is 3. The van der Waals surface area contributed by atoms with Crippen LogP contribution in [0.15, 0.2) is 42.6 Å². The van der Waals surface area contributed by atoms with Gasteiger partial charge in [0.25, 0.3) is 16.1 Å². The number of rotatable bonds is 5. The third kappa shape index (κ3) is 4.55. The van der Waals surface area contributed by atoms with Crippen molar-refractivity contribution >= 4 is 55.9 Å². The monoisotopic (exact) mass is 508 g/mol. The van der Waals surface area contributed by atoms with E-state index in [0.29, 0.717) is 6.07 Å². The van der Waals surface area contributed by atoms with Gasteiger partial charge in [-0.2, -0.15) is 8.42 Å². The Kier molecular flexibility index (Phi) is 5.98. The van der Waals surface area contributed by atoms with Gasteiger partial charge < -0.3 is 9.88 Å². The molecule has 1 aliphatic rings. The zero-order chi connectivity index (χ0) is 24.8. The SMILES string of the molecule is NS(=O)(=O)NC(=O)c1c(C2=CNC(=O)CC2=O)c2cc(Cl)ccc2n1Cc1ccc(F)cc1F. The maximum atomic E-state index is 14.5. The summed E-state index contributed by atoms with van der Waals surface area (Å²) in [5, 5.41) is 7.85. The third-order valence-corrected chi connectivity index (χ3v) is 5.79. The van der Waals surface area contributed by atoms with E-state index in [0.717, 1.165) is 12.3 Å². The predicted molar refractivity (Wildman–Crippen MR) is 119 cm³/mol. The molecule has 0 unspecified atom stereocenters. The number of carbonyl (C=O) groups is 3. The van der Waals surface area contributed by atoms with Crippen molar-refractivity contribution in [3.8, 4) is 0 Å². The number of carbonyl (C=O) groups excluding carboxylic acids is 3. The number of benzene rings is 2. The van der Waals surface area contributed by atoms with Crippen molar-refractivity contribution in [3.63, 3.8) is 0 Å². The van der Waals surface area contributed by atoms with Gasteiger partial charge in [-0.25, -0.2) is 18.6 Å². The molecule has 4 rings (SSSR count). The number of hydrogen-bond acceptors (Lipinski definition) is 5. The highest BCUT2D eigenvalue weighted by atomic mass is 35.5. The van der Waals surface area contributed by atoms with Crippen molar-refractivity contribution in [3.05, 3.63) is 76.1 Å². The molecule has 176 valence electrons. The second-order valence-corrected chi connectivity index (χ2v) is 9.14. The van der Waals surface area contributed by atoms with Crippen LogP contribution in [0.5, 0.6) is 0 Å². The van der Waals surface area contributed by atoms with E-state index in [4.69, 9.17) is 16.7 Å². The number of nitrogens with two attached hydrogens (primary N) is 1. The van der Waals surface area contributed by atoms with Gasteiger partial charge in [0.05, 0.1) is 13.0 Å². The van der Waals surface area contributed by atoms with Crippen molar-refractivity contribution in [1.29, 1.82) is 0 Å². The first-order valence-corrected chi connectivity index (χ1v) is 11.5. The normalized spacial score (nSPS) is 14.2. The van der Waals surface area contributed by atoms with Crippen LogP contribution >= 0.6 is 11.6 Å². The van der Waals surface area contributed by atoms with Crippen molar-refractivity contribution in [2.45, 2.75) is 13.0 Å². The number of allylic oxidation sites excluding steroid dienone is 1. The van der Waals surface area contributed by atoms with Gasteiger partial charge >= 0.3 is 0 Å². The molecule has 13 heteroatoms. The Labute approximate surface area is 196 Å². The highest BCUT2D eigenvalue weighted by Crippen LogP contribution is 2.36. The highest BCUT2D eigenvalue weighted by molar-refractivity contribution is 7.87. The molecule has 2 amide bonds. The molecule has 0 spiro atoms. The first-order chi connectivity index (χ1) is 15.9. The smallest absolute Gasteiger partial charge is 0.299 e. The molecular formula is C21H15ClF2N4O5S. The van der Waals surface area contributed by atoms with Gasteiger partial charge in [-0.3, -0.25) is 14.4 Å². The summed E-state index contributed by atoms with van der Waals surface area (Å²) >= 11 is 6.14. The number of amides is 2. The number of nitrogens with one attached hydrogen (secondary N) is 2. The molecule has 0 fully saturated rings. The summed E-state index contributed by atoms with van der Waals surface area (Å²) in [5.74, 6) is -4.14. The Morgan fingerprint density at radius 1 is 1.18 bits per heavy atom. The molecule has 0 saturated carbocycles. The second-order valence-electron chi connectivity index (χ2n) is 7.41. The van der Waals surface area contributed by atoms with Crippen molar-refractivity contribution in [2.75, 3.05) is 0 Å². The Morgan fingerprint density at radius 2 is 1.91 bits per heavy atom. The molecule has 0 saturated heterocycles. The average molecular weight is 509 g/mol. The van der Waals surface area contributed by atoms with Crippen LogP contribution < -0.4 is 15.2 Å². The first-order valence-electron chi connectivity index (χ1n) is 9.58. The zero-order valence-electron chi connectivity index (χ0n) is 17.1. The van der Waals surface area contributed by atoms with Crippen LogP contribution in [-0.2, 0) is 26.3 Å². The van der Waals surface area contributed by atoms with Crippen molar-refractivity contribution in [1.82, 2.24) is 14.6 Å². The molecule has 1 aliphatic heterocycles. The van der Waals surface area contributed by atoms with Crippen LogP contribution in [0, 0.1) is 11.6 Å². The van der Waals surface area contributed by atoms with Gasteiger partial charge in [0, 0.05) is 44.9 Å². The lowest BCUT2D eigenvalue weighted by atomic mass is 9.95. The lowest BCUT2D eigenvalue weighted by molar-refractivity contribution is -0.125. The van der Waals surface area contributed by atoms with E-state index in [1.165, 1.54) is 28.8 Å². The summed E-state index contributed by atoms with van der Waals surface area (Å²) in [7, 11) is -4.53. The third-order valence-electron chi connectivity index (χ3n) is 5.09. The quantitative estimate of drug-likeness (QED) is 0.452. The summed E-state index contributed by atoms with van der Waals surface area (Å²) < 4.78 is 54.0. The predicted octanol–water partition coefficient (Wildman–Crippen LogP) is 1.98. The molecule has 9 nitrogen and oxygen atoms in total. The van der Waals surface area contributed by atoms with Crippen LogP contribution in [0.3, 0.4) is 0 Å². The molecule has 1 aromatic heterocycles. The van der Waals surface area contributed by atoms with Gasteiger partial charge in [0.1, 0.15) is 17.3 Å². The van der Waals surface area contributed by atoms with Gasteiger partial charge in [-0.15, -0.1) is 0 Å². The highest BCUT2D eigenvalue weighted by Gasteiger charge is 2.32. The number of aromatic nitrogens is 1. The molecule has 2 aromatic carbocycles. The Balaban J connectivity index is 2.05. The second kappa shape index (κ2) is 8.63. The fourth-order valence-corrected chi connectivity index (χ4v) is 4.26. The van der Waals surface area contributed by atoms with Gasteiger partial charge in [0.15, 0.2) is 5.78 Å². The molecule has 3 aromatic rings. The molecule has 34 heavy (non-hydrogen) atoms. The van der Waals surface area contributed by atoms with Crippen LogP contribution in [0.4, 0.5) is 8.78 Å². The van der Waals surface area contributed by atoms with Gasteiger partial charge in [-0.05, 0) is 24.3 Å². The Morgan fingerprint density at radius 3 is 2.56 bits per heavy atom. The minimum atomic E-state index is -4.53. The maximum absolute atomic E-state index is 14.5. The molecular weight excluding hydrogens is 494 g/mol.